The van der Waals surface area contributed by atoms with Crippen molar-refractivity contribution in [1.82, 2.24) is 4.98 Å². The molecule has 1 atom stereocenters. The van der Waals surface area contributed by atoms with Crippen LogP contribution in [-0.4, -0.2) is 44.5 Å². The minimum absolute atomic E-state index is 0.00262. The first-order valence-corrected chi connectivity index (χ1v) is 13.8. The van der Waals surface area contributed by atoms with Gasteiger partial charge >= 0.3 is 0 Å². The second-order valence-electron chi connectivity index (χ2n) is 8.73. The molecule has 0 aliphatic heterocycles. The molecule has 194 valence electrons. The summed E-state index contributed by atoms with van der Waals surface area (Å²) in [5, 5.41) is 11.1. The van der Waals surface area contributed by atoms with Crippen LogP contribution in [0.3, 0.4) is 0 Å². The van der Waals surface area contributed by atoms with E-state index in [-0.39, 0.29) is 17.9 Å². The number of pyridine rings is 1. The van der Waals surface area contributed by atoms with E-state index in [1.165, 1.54) is 17.8 Å². The number of hydrogen-bond acceptors (Lipinski definition) is 7. The van der Waals surface area contributed by atoms with Crippen molar-refractivity contribution in [2.24, 2.45) is 0 Å². The summed E-state index contributed by atoms with van der Waals surface area (Å²) in [6.45, 7) is 8.13. The molecule has 3 aromatic carbocycles. The van der Waals surface area contributed by atoms with Crippen LogP contribution in [0.2, 0.25) is 0 Å². The third-order valence-corrected chi connectivity index (χ3v) is 7.46. The number of aliphatic hydroxyl groups excluding tert-OH is 1. The van der Waals surface area contributed by atoms with Crippen LogP contribution in [0.5, 0.6) is 5.75 Å². The predicted octanol–water partition coefficient (Wildman–Crippen LogP) is 5.55. The van der Waals surface area contributed by atoms with Gasteiger partial charge in [0.2, 0.25) is 0 Å². The Balaban J connectivity index is 1.39. The average molecular weight is 521 g/mol. The number of hydrogen-bond donors (Lipinski definition) is 1. The van der Waals surface area contributed by atoms with Crippen LogP contribution in [0.25, 0.3) is 22.2 Å². The SMILES string of the molecule is CCN(CC)c1ccc(-c2ccc3ccc(OCCC(O)OS(=O)(=O)c4ccc(C)cc4)cc3n2)cc1. The van der Waals surface area contributed by atoms with Crippen LogP contribution < -0.4 is 9.64 Å². The molecule has 0 radical (unpaired) electrons. The third-order valence-electron chi connectivity index (χ3n) is 6.14. The Morgan fingerprint density at radius 2 is 1.59 bits per heavy atom. The fourth-order valence-electron chi connectivity index (χ4n) is 4.01. The Bertz CT molecular complexity index is 1430. The summed E-state index contributed by atoms with van der Waals surface area (Å²) in [4.78, 5) is 7.10. The molecule has 0 saturated heterocycles. The minimum Gasteiger partial charge on any atom is -0.493 e. The molecule has 0 amide bonds. The van der Waals surface area contributed by atoms with Gasteiger partial charge in [0.05, 0.1) is 22.7 Å². The van der Waals surface area contributed by atoms with Crippen molar-refractivity contribution in [3.8, 4) is 17.0 Å². The molecule has 0 saturated carbocycles. The van der Waals surface area contributed by atoms with Gasteiger partial charge < -0.3 is 14.7 Å². The Morgan fingerprint density at radius 1 is 0.919 bits per heavy atom. The molecular formula is C29H32N2O5S. The summed E-state index contributed by atoms with van der Waals surface area (Å²) in [6.07, 6.45) is -1.54. The number of aryl methyl sites for hydroxylation is 1. The Hall–Kier alpha value is -3.46. The van der Waals surface area contributed by atoms with Crippen molar-refractivity contribution in [2.45, 2.75) is 38.4 Å². The quantitative estimate of drug-likeness (QED) is 0.205. The van der Waals surface area contributed by atoms with Crippen LogP contribution in [-0.2, 0) is 14.3 Å². The van der Waals surface area contributed by atoms with Gasteiger partial charge in [-0.3, -0.25) is 0 Å². The zero-order valence-electron chi connectivity index (χ0n) is 21.3. The standard InChI is InChI=1S/C29H32N2O5S/c1-4-31(5-2)24-12-8-22(9-13-24)27-17-11-23-10-14-25(20-28(23)30-27)35-19-18-29(32)36-37(33,34)26-15-6-21(3)7-16-26/h6-17,20,29,32H,4-5,18-19H2,1-3H3. The second kappa shape index (κ2) is 11.7. The summed E-state index contributed by atoms with van der Waals surface area (Å²) < 4.78 is 35.3. The van der Waals surface area contributed by atoms with Crippen molar-refractivity contribution in [3.05, 3.63) is 84.4 Å². The molecule has 4 rings (SSSR count). The van der Waals surface area contributed by atoms with E-state index >= 15 is 0 Å². The Kier molecular flexibility index (Phi) is 8.43. The summed E-state index contributed by atoms with van der Waals surface area (Å²) >= 11 is 0. The predicted molar refractivity (Wildman–Crippen MR) is 146 cm³/mol. The second-order valence-corrected chi connectivity index (χ2v) is 10.3. The molecule has 7 nitrogen and oxygen atoms in total. The molecule has 0 spiro atoms. The number of ether oxygens (including phenoxy) is 1. The number of aliphatic hydroxyl groups is 1. The van der Waals surface area contributed by atoms with Crippen molar-refractivity contribution in [3.63, 3.8) is 0 Å². The van der Waals surface area contributed by atoms with E-state index < -0.39 is 16.4 Å². The topological polar surface area (TPSA) is 89.0 Å². The van der Waals surface area contributed by atoms with Gasteiger partial charge in [-0.15, -0.1) is 0 Å². The molecule has 0 fully saturated rings. The normalized spacial score (nSPS) is 12.4. The maximum absolute atomic E-state index is 12.3. The molecular weight excluding hydrogens is 488 g/mol. The maximum Gasteiger partial charge on any atom is 0.299 e. The van der Waals surface area contributed by atoms with E-state index in [4.69, 9.17) is 13.9 Å². The average Bonchev–Trinajstić information content (AvgIpc) is 2.89. The molecule has 0 bridgehead atoms. The highest BCUT2D eigenvalue weighted by Gasteiger charge is 2.20. The minimum atomic E-state index is -4.06. The van der Waals surface area contributed by atoms with E-state index in [0.717, 1.165) is 40.8 Å². The van der Waals surface area contributed by atoms with E-state index in [9.17, 15) is 13.5 Å². The van der Waals surface area contributed by atoms with Crippen LogP contribution in [0.4, 0.5) is 5.69 Å². The Morgan fingerprint density at radius 3 is 2.27 bits per heavy atom. The van der Waals surface area contributed by atoms with Gasteiger partial charge in [-0.05, 0) is 63.2 Å². The van der Waals surface area contributed by atoms with E-state index in [0.29, 0.717) is 5.75 Å². The highest BCUT2D eigenvalue weighted by atomic mass is 32.2. The summed E-state index contributed by atoms with van der Waals surface area (Å²) in [6, 6.07) is 24.2. The van der Waals surface area contributed by atoms with Crippen molar-refractivity contribution >= 4 is 26.7 Å². The number of nitrogens with zero attached hydrogens (tertiary/aromatic N) is 2. The third kappa shape index (κ3) is 6.65. The van der Waals surface area contributed by atoms with E-state index in [1.54, 1.807) is 12.1 Å². The molecule has 8 heteroatoms. The van der Waals surface area contributed by atoms with Crippen LogP contribution in [0.1, 0.15) is 25.8 Å². The molecule has 1 aromatic heterocycles. The van der Waals surface area contributed by atoms with Crippen molar-refractivity contribution < 1.29 is 22.4 Å². The monoisotopic (exact) mass is 520 g/mol. The maximum atomic E-state index is 12.3. The number of rotatable bonds is 11. The first-order valence-electron chi connectivity index (χ1n) is 12.4. The van der Waals surface area contributed by atoms with Gasteiger partial charge in [0.15, 0.2) is 6.29 Å². The molecule has 0 aliphatic carbocycles. The first-order chi connectivity index (χ1) is 17.8. The highest BCUT2D eigenvalue weighted by molar-refractivity contribution is 7.86. The van der Waals surface area contributed by atoms with Crippen LogP contribution in [0.15, 0.2) is 83.8 Å². The number of fused-ring (bicyclic) bond motifs is 1. The number of anilines is 1. The van der Waals surface area contributed by atoms with E-state index in [2.05, 4.69) is 43.0 Å². The van der Waals surface area contributed by atoms with Crippen molar-refractivity contribution in [1.29, 1.82) is 0 Å². The zero-order chi connectivity index (χ0) is 26.4. The fraction of sp³-hybridized carbons (Fsp3) is 0.276. The van der Waals surface area contributed by atoms with Crippen LogP contribution in [0, 0.1) is 6.92 Å². The molecule has 1 N–H and O–H groups in total. The molecule has 37 heavy (non-hydrogen) atoms. The Labute approximate surface area is 218 Å². The molecule has 1 unspecified atom stereocenters. The van der Waals surface area contributed by atoms with Crippen molar-refractivity contribution in [2.75, 3.05) is 24.6 Å². The van der Waals surface area contributed by atoms with Gasteiger partial charge in [-0.25, -0.2) is 9.17 Å². The van der Waals surface area contributed by atoms with Gasteiger partial charge in [-0.2, -0.15) is 8.42 Å². The van der Waals surface area contributed by atoms with Gasteiger partial charge in [0.1, 0.15) is 5.75 Å². The zero-order valence-corrected chi connectivity index (χ0v) is 22.1. The first kappa shape index (κ1) is 26.6. The van der Waals surface area contributed by atoms with Crippen LogP contribution >= 0.6 is 0 Å². The number of aromatic nitrogens is 1. The lowest BCUT2D eigenvalue weighted by atomic mass is 10.1. The highest BCUT2D eigenvalue weighted by Crippen LogP contribution is 2.26. The number of benzene rings is 3. The fourth-order valence-corrected chi connectivity index (χ4v) is 4.98. The van der Waals surface area contributed by atoms with Gasteiger partial charge in [0.25, 0.3) is 10.1 Å². The summed E-state index contributed by atoms with van der Waals surface area (Å²) in [7, 11) is -4.06. The molecule has 0 aliphatic rings. The largest absolute Gasteiger partial charge is 0.493 e. The summed E-state index contributed by atoms with van der Waals surface area (Å²) in [5.41, 5.74) is 4.78. The van der Waals surface area contributed by atoms with Gasteiger partial charge in [0, 0.05) is 42.2 Å². The summed E-state index contributed by atoms with van der Waals surface area (Å²) in [5.74, 6) is 0.572. The molecule has 1 heterocycles. The van der Waals surface area contributed by atoms with E-state index in [1.807, 2.05) is 37.3 Å². The lowest BCUT2D eigenvalue weighted by Gasteiger charge is -2.21. The smallest absolute Gasteiger partial charge is 0.299 e. The lowest BCUT2D eigenvalue weighted by molar-refractivity contribution is -0.0256. The molecule has 4 aromatic rings. The van der Waals surface area contributed by atoms with Gasteiger partial charge in [-0.1, -0.05) is 35.9 Å². The lowest BCUT2D eigenvalue weighted by Crippen LogP contribution is -2.21.